The lowest BCUT2D eigenvalue weighted by Crippen LogP contribution is -2.55. The summed E-state index contributed by atoms with van der Waals surface area (Å²) in [5, 5.41) is 12.2. The monoisotopic (exact) mass is 693 g/mol. The predicted molar refractivity (Wildman–Crippen MR) is 186 cm³/mol. The number of nitrogens with one attached hydrogen (secondary N) is 3. The molecule has 7 atom stereocenters. The van der Waals surface area contributed by atoms with E-state index in [2.05, 4.69) is 20.9 Å². The molecule has 14 heteroatoms. The Balaban J connectivity index is 1.37. The fourth-order valence-corrected chi connectivity index (χ4v) is 8.69. The Morgan fingerprint density at radius 3 is 2.42 bits per heavy atom. The van der Waals surface area contributed by atoms with Gasteiger partial charge in [0, 0.05) is 24.1 Å². The molecule has 4 aliphatic rings. The molecule has 1 saturated heterocycles. The number of carbonyl (C=O) groups excluding carboxylic acids is 4. The minimum absolute atomic E-state index is 0.00145. The highest BCUT2D eigenvalue weighted by molar-refractivity contribution is 8.14. The van der Waals surface area contributed by atoms with Gasteiger partial charge in [-0.2, -0.15) is 0 Å². The Bertz CT molecular complexity index is 1610. The number of thiazole rings is 1. The molecule has 0 saturated carbocycles. The Hall–Kier alpha value is -3.78. The average Bonchev–Trinajstić information content (AvgIpc) is 3.88. The van der Waals surface area contributed by atoms with E-state index < -0.39 is 48.1 Å². The van der Waals surface area contributed by atoms with E-state index in [0.717, 1.165) is 23.4 Å². The number of carbonyl (C=O) groups is 4. The number of aromatic nitrogens is 1. The first kappa shape index (κ1) is 34.1. The summed E-state index contributed by atoms with van der Waals surface area (Å²) in [6.45, 7) is 10.1. The van der Waals surface area contributed by atoms with E-state index in [1.807, 2.05) is 62.9 Å². The van der Waals surface area contributed by atoms with Crippen molar-refractivity contribution in [3.8, 4) is 0 Å². The molecule has 5 heterocycles. The van der Waals surface area contributed by atoms with Crippen molar-refractivity contribution in [2.24, 2.45) is 21.8 Å². The maximum Gasteiger partial charge on any atom is 0.271 e. The quantitative estimate of drug-likeness (QED) is 0.445. The number of rotatable bonds is 4. The maximum atomic E-state index is 14.1. The van der Waals surface area contributed by atoms with Crippen molar-refractivity contribution < 1.29 is 23.9 Å². The summed E-state index contributed by atoms with van der Waals surface area (Å²) in [7, 11) is 0. The van der Waals surface area contributed by atoms with E-state index in [9.17, 15) is 19.2 Å². The molecule has 0 spiro atoms. The standard InChI is InChI=1S/C34H43N7O5S2/c1-17(2)25-33-37-22(16-48-33)28(42)35-21(14-20-10-7-6-8-11-20)31-40-27(19(5)46-31)30(44)39-26(18(3)4)34(45)41-13-9-12-24(41)32-36-23(15-47-32)29(43)38-25/h6-8,10-11,16-19,21,23-27H,9,12-15H2,1-5H3,(H,35,42)(H,38,43)(H,39,44)/t19-,21-,23-,24+,25-,26+,27+/m1/s1. The van der Waals surface area contributed by atoms with E-state index in [-0.39, 0.29) is 41.3 Å². The molecule has 12 nitrogen and oxygen atoms in total. The van der Waals surface area contributed by atoms with Crippen molar-refractivity contribution in [3.63, 3.8) is 0 Å². The molecule has 1 aromatic carbocycles. The van der Waals surface area contributed by atoms with Crippen LogP contribution in [0, 0.1) is 11.8 Å². The second-order valence-corrected chi connectivity index (χ2v) is 15.4. The van der Waals surface area contributed by atoms with E-state index >= 15 is 0 Å². The van der Waals surface area contributed by atoms with Crippen molar-refractivity contribution in [2.75, 3.05) is 12.3 Å². The molecular formula is C34H43N7O5S2. The van der Waals surface area contributed by atoms with Crippen LogP contribution >= 0.6 is 23.1 Å². The normalized spacial score (nSPS) is 29.8. The van der Waals surface area contributed by atoms with Crippen molar-refractivity contribution in [2.45, 2.75) is 96.2 Å². The number of benzene rings is 1. The highest BCUT2D eigenvalue weighted by Gasteiger charge is 2.43. The number of thioether (sulfide) groups is 1. The van der Waals surface area contributed by atoms with Gasteiger partial charge in [-0.3, -0.25) is 24.2 Å². The molecule has 1 aromatic heterocycles. The van der Waals surface area contributed by atoms with Gasteiger partial charge >= 0.3 is 0 Å². The van der Waals surface area contributed by atoms with Gasteiger partial charge in [-0.05, 0) is 37.2 Å². The van der Waals surface area contributed by atoms with Gasteiger partial charge in [0.2, 0.25) is 23.6 Å². The van der Waals surface area contributed by atoms with Crippen LogP contribution in [0.3, 0.4) is 0 Å². The first-order valence-electron chi connectivity index (χ1n) is 16.7. The van der Waals surface area contributed by atoms with Gasteiger partial charge in [0.25, 0.3) is 5.91 Å². The predicted octanol–water partition coefficient (Wildman–Crippen LogP) is 3.14. The lowest BCUT2D eigenvalue weighted by molar-refractivity contribution is -0.138. The highest BCUT2D eigenvalue weighted by atomic mass is 32.2. The number of hydrogen-bond acceptors (Lipinski definition) is 10. The van der Waals surface area contributed by atoms with Crippen LogP contribution in [0.25, 0.3) is 0 Å². The summed E-state index contributed by atoms with van der Waals surface area (Å²) >= 11 is 2.82. The fourth-order valence-electron chi connectivity index (χ4n) is 6.48. The molecule has 1 fully saturated rings. The van der Waals surface area contributed by atoms with E-state index in [1.165, 1.54) is 23.1 Å². The Morgan fingerprint density at radius 2 is 1.69 bits per heavy atom. The minimum Gasteiger partial charge on any atom is -0.474 e. The lowest BCUT2D eigenvalue weighted by Gasteiger charge is -2.31. The third kappa shape index (κ3) is 7.14. The van der Waals surface area contributed by atoms with Crippen molar-refractivity contribution in [1.29, 1.82) is 0 Å². The van der Waals surface area contributed by atoms with E-state index in [4.69, 9.17) is 14.7 Å². The molecule has 2 aromatic rings. The molecule has 3 N–H and O–H groups in total. The summed E-state index contributed by atoms with van der Waals surface area (Å²) in [4.78, 5) is 71.0. The van der Waals surface area contributed by atoms with Gasteiger partial charge in [0.1, 0.15) is 34.9 Å². The highest BCUT2D eigenvalue weighted by Crippen LogP contribution is 2.32. The van der Waals surface area contributed by atoms with E-state index in [1.54, 1.807) is 12.3 Å². The Kier molecular flexibility index (Phi) is 10.2. The second-order valence-electron chi connectivity index (χ2n) is 13.5. The fraction of sp³-hybridized carbons (Fsp3) is 0.559. The lowest BCUT2D eigenvalue weighted by atomic mass is 10.0. The van der Waals surface area contributed by atoms with Crippen molar-refractivity contribution in [1.82, 2.24) is 25.8 Å². The molecule has 4 aliphatic heterocycles. The topological polar surface area (TPSA) is 154 Å². The molecule has 256 valence electrons. The molecule has 4 amide bonds. The number of fused-ring (bicyclic) bond motifs is 6. The van der Waals surface area contributed by atoms with Gasteiger partial charge < -0.3 is 25.6 Å². The van der Waals surface area contributed by atoms with Crippen LogP contribution in [-0.4, -0.2) is 93.1 Å². The van der Waals surface area contributed by atoms with Crippen LogP contribution < -0.4 is 16.0 Å². The SMILES string of the molecule is CC(C)[C@@H]1NC(=O)[C@H]2N=C(O[C@@H]2C)[C@@H](Cc2ccccc2)NC(=O)c2csc(n2)[C@@H](C(C)C)NC(=O)[C@H]2CSC(=N2)[C@@H]2CCCN2C1=O. The van der Waals surface area contributed by atoms with Gasteiger partial charge in [0.15, 0.2) is 6.04 Å². The molecule has 6 bridgehead atoms. The number of nitrogens with zero attached hydrogens (tertiary/aromatic N) is 4. The number of aliphatic imine (C=N–C) groups is 2. The van der Waals surface area contributed by atoms with Crippen LogP contribution in [0.4, 0.5) is 0 Å². The summed E-state index contributed by atoms with van der Waals surface area (Å²) in [6.07, 6.45) is 1.31. The summed E-state index contributed by atoms with van der Waals surface area (Å²) in [5.41, 5.74) is 1.17. The van der Waals surface area contributed by atoms with Gasteiger partial charge in [0.05, 0.1) is 17.1 Å². The third-order valence-electron chi connectivity index (χ3n) is 9.18. The van der Waals surface area contributed by atoms with Crippen LogP contribution in [0.15, 0.2) is 45.7 Å². The summed E-state index contributed by atoms with van der Waals surface area (Å²) in [6, 6.07) is 6.01. The first-order chi connectivity index (χ1) is 23.0. The smallest absolute Gasteiger partial charge is 0.271 e. The average molecular weight is 694 g/mol. The second kappa shape index (κ2) is 14.4. The maximum absolute atomic E-state index is 14.1. The van der Waals surface area contributed by atoms with Crippen LogP contribution in [0.5, 0.6) is 0 Å². The molecule has 0 radical (unpaired) electrons. The molecule has 0 unspecified atom stereocenters. The van der Waals surface area contributed by atoms with Crippen molar-refractivity contribution >= 4 is 57.7 Å². The van der Waals surface area contributed by atoms with Crippen LogP contribution in [-0.2, 0) is 25.5 Å². The van der Waals surface area contributed by atoms with Crippen LogP contribution in [0.2, 0.25) is 0 Å². The Labute approximate surface area is 289 Å². The summed E-state index contributed by atoms with van der Waals surface area (Å²) in [5.74, 6) is -0.692. The molecule has 0 aliphatic carbocycles. The number of hydrogen-bond donors (Lipinski definition) is 3. The zero-order valence-corrected chi connectivity index (χ0v) is 29.5. The molecule has 48 heavy (non-hydrogen) atoms. The third-order valence-corrected chi connectivity index (χ3v) is 11.3. The van der Waals surface area contributed by atoms with Gasteiger partial charge in [-0.1, -0.05) is 58.0 Å². The first-order valence-corrected chi connectivity index (χ1v) is 18.5. The molecular weight excluding hydrogens is 651 g/mol. The zero-order chi connectivity index (χ0) is 34.1. The largest absolute Gasteiger partial charge is 0.474 e. The number of ether oxygens (including phenoxy) is 1. The number of amides is 4. The molecule has 6 rings (SSSR count). The Morgan fingerprint density at radius 1 is 0.958 bits per heavy atom. The van der Waals surface area contributed by atoms with Gasteiger partial charge in [-0.15, -0.1) is 23.1 Å². The zero-order valence-electron chi connectivity index (χ0n) is 27.8. The van der Waals surface area contributed by atoms with Crippen molar-refractivity contribution in [3.05, 3.63) is 52.0 Å². The minimum atomic E-state index is -0.905. The van der Waals surface area contributed by atoms with E-state index in [0.29, 0.717) is 23.7 Å². The summed E-state index contributed by atoms with van der Waals surface area (Å²) < 4.78 is 6.16. The van der Waals surface area contributed by atoms with Gasteiger partial charge in [-0.25, -0.2) is 9.98 Å². The van der Waals surface area contributed by atoms with Crippen LogP contribution in [0.1, 0.15) is 74.6 Å².